The minimum atomic E-state index is -0.406. The first kappa shape index (κ1) is 17.1. The van der Waals surface area contributed by atoms with Crippen LogP contribution in [0.5, 0.6) is 0 Å². The van der Waals surface area contributed by atoms with Gasteiger partial charge in [0.05, 0.1) is 0 Å². The van der Waals surface area contributed by atoms with Crippen molar-refractivity contribution in [3.05, 3.63) is 0 Å². The van der Waals surface area contributed by atoms with Gasteiger partial charge >= 0.3 is 6.09 Å². The zero-order chi connectivity index (χ0) is 16.7. The number of hydrogen-bond acceptors (Lipinski definition) is 3. The van der Waals surface area contributed by atoms with Crippen molar-refractivity contribution in [2.24, 2.45) is 17.3 Å². The molecule has 1 aliphatic heterocycles. The van der Waals surface area contributed by atoms with Crippen molar-refractivity contribution in [3.63, 3.8) is 0 Å². The summed E-state index contributed by atoms with van der Waals surface area (Å²) in [5, 5.41) is 3.81. The fourth-order valence-corrected chi connectivity index (χ4v) is 4.03. The van der Waals surface area contributed by atoms with E-state index in [-0.39, 0.29) is 6.09 Å². The quantitative estimate of drug-likeness (QED) is 0.837. The first-order valence-corrected chi connectivity index (χ1v) is 9.50. The highest BCUT2D eigenvalue weighted by Crippen LogP contribution is 2.60. The van der Waals surface area contributed by atoms with Gasteiger partial charge in [0.25, 0.3) is 0 Å². The van der Waals surface area contributed by atoms with Crippen LogP contribution in [0.4, 0.5) is 4.79 Å². The summed E-state index contributed by atoms with van der Waals surface area (Å²) in [4.78, 5) is 14.2. The van der Waals surface area contributed by atoms with Crippen LogP contribution in [0.2, 0.25) is 0 Å². The molecule has 0 radical (unpaired) electrons. The molecule has 1 N–H and O–H groups in total. The first-order chi connectivity index (χ1) is 10.8. The lowest BCUT2D eigenvalue weighted by molar-refractivity contribution is 0.0147. The van der Waals surface area contributed by atoms with Crippen molar-refractivity contribution >= 4 is 6.09 Å². The monoisotopic (exact) mass is 322 g/mol. The smallest absolute Gasteiger partial charge is 0.410 e. The van der Waals surface area contributed by atoms with Gasteiger partial charge in [-0.2, -0.15) is 0 Å². The van der Waals surface area contributed by atoms with Crippen LogP contribution in [0.3, 0.4) is 0 Å². The van der Waals surface area contributed by atoms with Crippen LogP contribution in [-0.4, -0.2) is 42.3 Å². The Morgan fingerprint density at radius 2 is 2.00 bits per heavy atom. The standard InChI is InChI=1S/C19H34N2O2/c1-14(20-13-19(9-10-19)16-7-8-16)15-6-5-11-21(12-15)17(22)23-18(2,3)4/h14-16,20H,5-13H2,1-4H3. The average Bonchev–Trinajstić information content (AvgIpc) is 3.36. The largest absolute Gasteiger partial charge is 0.444 e. The Bertz CT molecular complexity index is 435. The Kier molecular flexibility index (Phi) is 4.65. The zero-order valence-corrected chi connectivity index (χ0v) is 15.4. The lowest BCUT2D eigenvalue weighted by atomic mass is 9.91. The van der Waals surface area contributed by atoms with Gasteiger partial charge in [-0.1, -0.05) is 0 Å². The van der Waals surface area contributed by atoms with E-state index in [1.165, 1.54) is 38.6 Å². The molecule has 2 aliphatic carbocycles. The molecule has 2 atom stereocenters. The summed E-state index contributed by atoms with van der Waals surface area (Å²) in [6.07, 6.45) is 7.90. The van der Waals surface area contributed by atoms with Gasteiger partial charge in [0, 0.05) is 25.7 Å². The Morgan fingerprint density at radius 3 is 2.57 bits per heavy atom. The number of carbonyl (C=O) groups excluding carboxylic acids is 1. The highest BCUT2D eigenvalue weighted by atomic mass is 16.6. The molecule has 2 saturated carbocycles. The number of nitrogens with one attached hydrogen (secondary N) is 1. The summed E-state index contributed by atoms with van der Waals surface area (Å²) < 4.78 is 5.54. The van der Waals surface area contributed by atoms with Crippen LogP contribution in [0.1, 0.15) is 66.2 Å². The summed E-state index contributed by atoms with van der Waals surface area (Å²) in [5.41, 5.74) is 0.240. The number of piperidine rings is 1. The molecule has 0 bridgehead atoms. The number of rotatable bonds is 5. The number of nitrogens with zero attached hydrogens (tertiary/aromatic N) is 1. The van der Waals surface area contributed by atoms with E-state index in [2.05, 4.69) is 12.2 Å². The molecule has 3 rings (SSSR count). The van der Waals surface area contributed by atoms with Crippen molar-refractivity contribution in [1.82, 2.24) is 10.2 Å². The van der Waals surface area contributed by atoms with E-state index in [9.17, 15) is 4.79 Å². The normalized spacial score (nSPS) is 28.3. The minimum absolute atomic E-state index is 0.147. The fraction of sp³-hybridized carbons (Fsp3) is 0.947. The number of ether oxygens (including phenoxy) is 1. The summed E-state index contributed by atoms with van der Waals surface area (Å²) in [7, 11) is 0. The van der Waals surface area contributed by atoms with Gasteiger partial charge in [-0.15, -0.1) is 0 Å². The van der Waals surface area contributed by atoms with Crippen LogP contribution in [-0.2, 0) is 4.74 Å². The molecule has 3 aliphatic rings. The van der Waals surface area contributed by atoms with Gasteiger partial charge in [0.1, 0.15) is 5.60 Å². The molecule has 2 unspecified atom stereocenters. The third-order valence-corrected chi connectivity index (χ3v) is 5.93. The molecular formula is C19H34N2O2. The molecule has 1 heterocycles. The second-order valence-corrected chi connectivity index (χ2v) is 9.13. The highest BCUT2D eigenvalue weighted by molar-refractivity contribution is 5.68. The number of carbonyl (C=O) groups is 1. The molecular weight excluding hydrogens is 288 g/mol. The molecule has 0 spiro atoms. The predicted octanol–water partition coefficient (Wildman–Crippen LogP) is 3.80. The third kappa shape index (κ3) is 4.40. The van der Waals surface area contributed by atoms with E-state index in [0.717, 1.165) is 25.4 Å². The molecule has 23 heavy (non-hydrogen) atoms. The van der Waals surface area contributed by atoms with Crippen LogP contribution in [0.15, 0.2) is 0 Å². The Morgan fingerprint density at radius 1 is 1.30 bits per heavy atom. The van der Waals surface area contributed by atoms with Crippen LogP contribution in [0, 0.1) is 17.3 Å². The van der Waals surface area contributed by atoms with E-state index in [1.807, 2.05) is 25.7 Å². The minimum Gasteiger partial charge on any atom is -0.444 e. The van der Waals surface area contributed by atoms with E-state index in [1.54, 1.807) is 0 Å². The number of hydrogen-bond donors (Lipinski definition) is 1. The van der Waals surface area contributed by atoms with E-state index in [4.69, 9.17) is 4.74 Å². The van der Waals surface area contributed by atoms with Crippen molar-refractivity contribution in [3.8, 4) is 0 Å². The molecule has 132 valence electrons. The molecule has 0 aromatic heterocycles. The maximum absolute atomic E-state index is 12.3. The summed E-state index contributed by atoms with van der Waals surface area (Å²) in [6.45, 7) is 11.0. The zero-order valence-electron chi connectivity index (χ0n) is 15.4. The van der Waals surface area contributed by atoms with Crippen molar-refractivity contribution in [2.75, 3.05) is 19.6 Å². The summed E-state index contributed by atoms with van der Waals surface area (Å²) in [5.74, 6) is 1.55. The SMILES string of the molecule is CC(NCC1(C2CC2)CC1)C1CCCN(C(=O)OC(C)(C)C)C1. The number of amides is 1. The summed E-state index contributed by atoms with van der Waals surface area (Å²) in [6, 6.07) is 0.483. The molecule has 0 aromatic rings. The van der Waals surface area contributed by atoms with Gasteiger partial charge in [-0.05, 0) is 83.5 Å². The van der Waals surface area contributed by atoms with Gasteiger partial charge < -0.3 is 15.0 Å². The molecule has 1 amide bonds. The highest BCUT2D eigenvalue weighted by Gasteiger charge is 2.53. The molecule has 3 fully saturated rings. The van der Waals surface area contributed by atoms with Crippen molar-refractivity contribution in [1.29, 1.82) is 0 Å². The second kappa shape index (κ2) is 6.27. The average molecular weight is 322 g/mol. The molecule has 4 nitrogen and oxygen atoms in total. The van der Waals surface area contributed by atoms with Crippen LogP contribution in [0.25, 0.3) is 0 Å². The van der Waals surface area contributed by atoms with E-state index >= 15 is 0 Å². The van der Waals surface area contributed by atoms with Crippen LogP contribution >= 0.6 is 0 Å². The van der Waals surface area contributed by atoms with E-state index in [0.29, 0.717) is 17.4 Å². The summed E-state index contributed by atoms with van der Waals surface area (Å²) >= 11 is 0. The van der Waals surface area contributed by atoms with Crippen molar-refractivity contribution < 1.29 is 9.53 Å². The molecule has 1 saturated heterocycles. The predicted molar refractivity (Wildman–Crippen MR) is 92.4 cm³/mol. The Balaban J connectivity index is 1.46. The maximum Gasteiger partial charge on any atom is 0.410 e. The van der Waals surface area contributed by atoms with Gasteiger partial charge in [-0.25, -0.2) is 4.79 Å². The number of likely N-dealkylation sites (tertiary alicyclic amines) is 1. The Hall–Kier alpha value is -0.770. The van der Waals surface area contributed by atoms with Gasteiger partial charge in [0.15, 0.2) is 0 Å². The third-order valence-electron chi connectivity index (χ3n) is 5.93. The lowest BCUT2D eigenvalue weighted by Gasteiger charge is -2.37. The van der Waals surface area contributed by atoms with Crippen molar-refractivity contribution in [2.45, 2.75) is 77.9 Å². The van der Waals surface area contributed by atoms with E-state index < -0.39 is 5.60 Å². The maximum atomic E-state index is 12.3. The molecule has 4 heteroatoms. The van der Waals surface area contributed by atoms with Crippen LogP contribution < -0.4 is 5.32 Å². The lowest BCUT2D eigenvalue weighted by Crippen LogP contribution is -2.48. The van der Waals surface area contributed by atoms with Gasteiger partial charge in [0.2, 0.25) is 0 Å². The molecule has 0 aromatic carbocycles. The topological polar surface area (TPSA) is 41.6 Å². The Labute approximate surface area is 141 Å². The fourth-order valence-electron chi connectivity index (χ4n) is 4.03. The second-order valence-electron chi connectivity index (χ2n) is 9.13. The van der Waals surface area contributed by atoms with Gasteiger partial charge in [-0.3, -0.25) is 0 Å². The first-order valence-electron chi connectivity index (χ1n) is 9.50.